The molecule has 1 unspecified atom stereocenters. The molecule has 0 bridgehead atoms. The number of nitrogens with one attached hydrogen (secondary N) is 1. The van der Waals surface area contributed by atoms with Crippen molar-refractivity contribution >= 4 is 46.8 Å². The van der Waals surface area contributed by atoms with Crippen molar-refractivity contribution < 1.29 is 24.2 Å². The molecule has 7 nitrogen and oxygen atoms in total. The number of rotatable bonds is 7. The SMILES string of the molecule is CCCC(=O)N1CSCC1C(=O)Nc1ccc(OCC(=O)O)c(Cl)c1. The van der Waals surface area contributed by atoms with Gasteiger partial charge in [0.2, 0.25) is 11.8 Å². The highest BCUT2D eigenvalue weighted by Gasteiger charge is 2.34. The molecule has 0 aliphatic carbocycles. The molecule has 1 saturated heterocycles. The number of carboxylic acids is 1. The summed E-state index contributed by atoms with van der Waals surface area (Å²) in [4.78, 5) is 36.7. The van der Waals surface area contributed by atoms with Crippen LogP contribution in [0.1, 0.15) is 19.8 Å². The summed E-state index contributed by atoms with van der Waals surface area (Å²) in [5, 5.41) is 11.5. The van der Waals surface area contributed by atoms with Crippen molar-refractivity contribution in [1.29, 1.82) is 0 Å². The van der Waals surface area contributed by atoms with Gasteiger partial charge in [0, 0.05) is 17.9 Å². The molecular weight excluding hydrogens is 368 g/mol. The third-order valence-electron chi connectivity index (χ3n) is 3.52. The van der Waals surface area contributed by atoms with Crippen LogP contribution in [0, 0.1) is 0 Å². The molecule has 1 aromatic carbocycles. The summed E-state index contributed by atoms with van der Waals surface area (Å²) in [6.45, 7) is 1.42. The number of hydrogen-bond donors (Lipinski definition) is 2. The van der Waals surface area contributed by atoms with E-state index in [2.05, 4.69) is 5.32 Å². The molecule has 2 amide bonds. The van der Waals surface area contributed by atoms with Crippen molar-refractivity contribution in [2.45, 2.75) is 25.8 Å². The molecule has 2 N–H and O–H groups in total. The lowest BCUT2D eigenvalue weighted by atomic mass is 10.2. The van der Waals surface area contributed by atoms with Gasteiger partial charge in [-0.05, 0) is 24.6 Å². The second kappa shape index (κ2) is 8.96. The third-order valence-corrected chi connectivity index (χ3v) is 4.83. The zero-order chi connectivity index (χ0) is 18.4. The lowest BCUT2D eigenvalue weighted by Gasteiger charge is -2.23. The minimum absolute atomic E-state index is 0.0249. The quantitative estimate of drug-likeness (QED) is 0.747. The van der Waals surface area contributed by atoms with Gasteiger partial charge < -0.3 is 20.1 Å². The van der Waals surface area contributed by atoms with Crippen molar-refractivity contribution in [2.75, 3.05) is 23.6 Å². The summed E-state index contributed by atoms with van der Waals surface area (Å²) in [6.07, 6.45) is 1.16. The molecule has 1 aliphatic rings. The van der Waals surface area contributed by atoms with E-state index in [9.17, 15) is 14.4 Å². The molecule has 1 atom stereocenters. The fourth-order valence-electron chi connectivity index (χ4n) is 2.32. The number of nitrogens with zero attached hydrogens (tertiary/aromatic N) is 1. The number of ether oxygens (including phenoxy) is 1. The van der Waals surface area contributed by atoms with Crippen molar-refractivity contribution in [2.24, 2.45) is 0 Å². The van der Waals surface area contributed by atoms with E-state index in [1.54, 1.807) is 22.7 Å². The molecular formula is C16H19ClN2O5S. The summed E-state index contributed by atoms with van der Waals surface area (Å²) >= 11 is 7.58. The summed E-state index contributed by atoms with van der Waals surface area (Å²) in [7, 11) is 0. The molecule has 0 aromatic heterocycles. The van der Waals surface area contributed by atoms with E-state index < -0.39 is 18.6 Å². The summed E-state index contributed by atoms with van der Waals surface area (Å²) in [5.74, 6) is -0.121. The monoisotopic (exact) mass is 386 g/mol. The number of anilines is 1. The Morgan fingerprint density at radius 1 is 1.44 bits per heavy atom. The minimum atomic E-state index is -1.11. The molecule has 2 rings (SSSR count). The summed E-state index contributed by atoms with van der Waals surface area (Å²) in [5.41, 5.74) is 0.456. The summed E-state index contributed by atoms with van der Waals surface area (Å²) < 4.78 is 5.03. The first kappa shape index (κ1) is 19.4. The number of aliphatic carboxylic acids is 1. The number of carboxylic acid groups (broad SMARTS) is 1. The number of hydrogen-bond acceptors (Lipinski definition) is 5. The molecule has 9 heteroatoms. The lowest BCUT2D eigenvalue weighted by molar-refractivity contribution is -0.139. The minimum Gasteiger partial charge on any atom is -0.480 e. The van der Waals surface area contributed by atoms with Crippen LogP contribution < -0.4 is 10.1 Å². The van der Waals surface area contributed by atoms with E-state index >= 15 is 0 Å². The largest absolute Gasteiger partial charge is 0.480 e. The number of amides is 2. The lowest BCUT2D eigenvalue weighted by Crippen LogP contribution is -2.44. The molecule has 25 heavy (non-hydrogen) atoms. The highest BCUT2D eigenvalue weighted by atomic mass is 35.5. The van der Waals surface area contributed by atoms with Crippen LogP contribution in [0.15, 0.2) is 18.2 Å². The number of benzene rings is 1. The molecule has 1 fully saturated rings. The van der Waals surface area contributed by atoms with Crippen molar-refractivity contribution in [3.8, 4) is 5.75 Å². The molecule has 1 aromatic rings. The Bertz CT molecular complexity index is 670. The average Bonchev–Trinajstić information content (AvgIpc) is 3.04. The van der Waals surface area contributed by atoms with E-state index in [1.807, 2.05) is 6.92 Å². The first-order valence-electron chi connectivity index (χ1n) is 7.74. The normalized spacial score (nSPS) is 16.6. The van der Waals surface area contributed by atoms with E-state index in [0.717, 1.165) is 6.42 Å². The molecule has 1 heterocycles. The Morgan fingerprint density at radius 3 is 2.84 bits per heavy atom. The van der Waals surface area contributed by atoms with Gasteiger partial charge in [-0.2, -0.15) is 0 Å². The second-order valence-corrected chi connectivity index (χ2v) is 6.85. The molecule has 136 valence electrons. The predicted molar refractivity (Wildman–Crippen MR) is 96.1 cm³/mol. The first-order valence-corrected chi connectivity index (χ1v) is 9.27. The standard InChI is InChI=1S/C16H19ClN2O5S/c1-2-3-14(20)19-9-25-8-12(19)16(23)18-10-4-5-13(11(17)6-10)24-7-15(21)22/h4-6,12H,2-3,7-9H2,1H3,(H,18,23)(H,21,22). The van der Waals surface area contributed by atoms with Gasteiger partial charge in [0.25, 0.3) is 0 Å². The Balaban J connectivity index is 2.01. The van der Waals surface area contributed by atoms with Crippen LogP contribution in [0.5, 0.6) is 5.75 Å². The third kappa shape index (κ3) is 5.27. The van der Waals surface area contributed by atoms with Crippen LogP contribution in [-0.2, 0) is 14.4 Å². The van der Waals surface area contributed by atoms with Gasteiger partial charge in [-0.25, -0.2) is 4.79 Å². The number of halogens is 1. The van der Waals surface area contributed by atoms with Crippen molar-refractivity contribution in [3.05, 3.63) is 23.2 Å². The van der Waals surface area contributed by atoms with E-state index in [1.165, 1.54) is 12.1 Å². The predicted octanol–water partition coefficient (Wildman–Crippen LogP) is 2.44. The van der Waals surface area contributed by atoms with Gasteiger partial charge in [-0.1, -0.05) is 18.5 Å². The van der Waals surface area contributed by atoms with E-state index in [-0.39, 0.29) is 22.6 Å². The molecule has 1 aliphatic heterocycles. The molecule has 0 spiro atoms. The Morgan fingerprint density at radius 2 is 2.20 bits per heavy atom. The highest BCUT2D eigenvalue weighted by Crippen LogP contribution is 2.29. The van der Waals surface area contributed by atoms with Crippen LogP contribution in [0.2, 0.25) is 5.02 Å². The van der Waals surface area contributed by atoms with Crippen LogP contribution in [0.3, 0.4) is 0 Å². The number of thioether (sulfide) groups is 1. The van der Waals surface area contributed by atoms with E-state index in [0.29, 0.717) is 23.7 Å². The van der Waals surface area contributed by atoms with Gasteiger partial charge in [0.15, 0.2) is 6.61 Å². The van der Waals surface area contributed by atoms with Gasteiger partial charge in [-0.3, -0.25) is 9.59 Å². The maximum absolute atomic E-state index is 12.5. The van der Waals surface area contributed by atoms with Gasteiger partial charge in [0.1, 0.15) is 11.8 Å². The Kier molecular flexibility index (Phi) is 6.95. The molecule has 0 saturated carbocycles. The fourth-order valence-corrected chi connectivity index (χ4v) is 3.74. The second-order valence-electron chi connectivity index (χ2n) is 5.45. The van der Waals surface area contributed by atoms with Crippen molar-refractivity contribution in [3.63, 3.8) is 0 Å². The fraction of sp³-hybridized carbons (Fsp3) is 0.438. The average molecular weight is 387 g/mol. The van der Waals surface area contributed by atoms with Gasteiger partial charge >= 0.3 is 5.97 Å². The first-order chi connectivity index (χ1) is 11.9. The zero-order valence-electron chi connectivity index (χ0n) is 13.7. The summed E-state index contributed by atoms with van der Waals surface area (Å²) in [6, 6.07) is 4.04. The van der Waals surface area contributed by atoms with Crippen LogP contribution in [-0.4, -0.2) is 52.1 Å². The van der Waals surface area contributed by atoms with E-state index in [4.69, 9.17) is 21.4 Å². The van der Waals surface area contributed by atoms with Crippen LogP contribution in [0.25, 0.3) is 0 Å². The van der Waals surface area contributed by atoms with Gasteiger partial charge in [-0.15, -0.1) is 11.8 Å². The smallest absolute Gasteiger partial charge is 0.341 e. The van der Waals surface area contributed by atoms with Crippen LogP contribution in [0.4, 0.5) is 5.69 Å². The zero-order valence-corrected chi connectivity index (χ0v) is 15.2. The maximum Gasteiger partial charge on any atom is 0.341 e. The number of carbonyl (C=O) groups excluding carboxylic acids is 2. The van der Waals surface area contributed by atoms with Crippen molar-refractivity contribution in [1.82, 2.24) is 4.90 Å². The number of carbonyl (C=O) groups is 3. The van der Waals surface area contributed by atoms with Gasteiger partial charge in [0.05, 0.1) is 10.9 Å². The Hall–Kier alpha value is -1.93. The maximum atomic E-state index is 12.5. The molecule has 0 radical (unpaired) electrons. The highest BCUT2D eigenvalue weighted by molar-refractivity contribution is 7.99. The van der Waals surface area contributed by atoms with Crippen LogP contribution >= 0.6 is 23.4 Å². The topological polar surface area (TPSA) is 95.9 Å². The Labute approximate surface area is 154 Å².